The number of guanidine groups is 1. The molecule has 1 unspecified atom stereocenters. The molecule has 1 amide bonds. The van der Waals surface area contributed by atoms with Crippen molar-refractivity contribution in [3.63, 3.8) is 0 Å². The summed E-state index contributed by atoms with van der Waals surface area (Å²) in [5.74, 6) is -0.0444. The first-order valence-electron chi connectivity index (χ1n) is 5.20. The van der Waals surface area contributed by atoms with Gasteiger partial charge in [-0.2, -0.15) is 0 Å². The van der Waals surface area contributed by atoms with Crippen molar-refractivity contribution < 1.29 is 9.90 Å². The highest BCUT2D eigenvalue weighted by Crippen LogP contribution is 2.33. The number of aliphatic hydroxyl groups excluding tert-OH is 1. The molecule has 3 rings (SSSR count). The lowest BCUT2D eigenvalue weighted by molar-refractivity contribution is -0.130. The Morgan fingerprint density at radius 1 is 1.59 bits per heavy atom. The maximum atomic E-state index is 11.3. The van der Waals surface area contributed by atoms with Crippen LogP contribution in [0.15, 0.2) is 17.1 Å². The molecule has 2 heterocycles. The van der Waals surface area contributed by atoms with Crippen molar-refractivity contribution >= 4 is 29.2 Å². The zero-order valence-corrected chi connectivity index (χ0v) is 9.82. The molecule has 2 aliphatic rings. The molecule has 1 atom stereocenters. The second kappa shape index (κ2) is 3.45. The van der Waals surface area contributed by atoms with Crippen molar-refractivity contribution in [3.05, 3.63) is 28.3 Å². The molecule has 5 nitrogen and oxygen atoms in total. The average molecular weight is 252 g/mol. The molecule has 0 radical (unpaired) electrons. The lowest BCUT2D eigenvalue weighted by atomic mass is 10.0. The number of benzene rings is 1. The summed E-state index contributed by atoms with van der Waals surface area (Å²) >= 11 is 6.04. The van der Waals surface area contributed by atoms with Gasteiger partial charge in [-0.1, -0.05) is 11.6 Å². The summed E-state index contributed by atoms with van der Waals surface area (Å²) in [5, 5.41) is 12.9. The molecule has 0 saturated carbocycles. The molecule has 1 fully saturated rings. The van der Waals surface area contributed by atoms with Crippen LogP contribution in [-0.4, -0.2) is 28.1 Å². The van der Waals surface area contributed by atoms with E-state index in [9.17, 15) is 9.90 Å². The Kier molecular flexibility index (Phi) is 2.14. The lowest BCUT2D eigenvalue weighted by Crippen LogP contribution is -2.37. The molecule has 2 N–H and O–H groups in total. The molecular formula is C11H10ClN3O2. The van der Waals surface area contributed by atoms with Crippen molar-refractivity contribution in [2.24, 2.45) is 4.99 Å². The molecule has 1 aromatic carbocycles. The van der Waals surface area contributed by atoms with Crippen LogP contribution in [0.1, 0.15) is 11.1 Å². The third kappa shape index (κ3) is 1.43. The number of carbonyl (C=O) groups excluding carboxylic acids is 1. The van der Waals surface area contributed by atoms with Crippen LogP contribution in [0.4, 0.5) is 5.69 Å². The standard InChI is InChI=1S/C11H10ClN3O2/c1-5-6-4-15-10(17)9(16)14-11(15)13-8(6)3-2-7(5)12/h2-3,10,17H,4H2,1H3,(H,13,14,16). The molecule has 1 saturated heterocycles. The quantitative estimate of drug-likeness (QED) is 0.720. The van der Waals surface area contributed by atoms with Crippen LogP contribution in [0.3, 0.4) is 0 Å². The predicted molar refractivity (Wildman–Crippen MR) is 63.0 cm³/mol. The number of hydrogen-bond donors (Lipinski definition) is 2. The van der Waals surface area contributed by atoms with Gasteiger partial charge in [-0.15, -0.1) is 0 Å². The van der Waals surface area contributed by atoms with E-state index >= 15 is 0 Å². The average Bonchev–Trinajstić information content (AvgIpc) is 2.58. The van der Waals surface area contributed by atoms with Gasteiger partial charge in [0.05, 0.1) is 12.2 Å². The number of carbonyl (C=O) groups is 1. The summed E-state index contributed by atoms with van der Waals surface area (Å²) in [7, 11) is 0. The number of fused-ring (bicyclic) bond motifs is 2. The Hall–Kier alpha value is -1.59. The maximum Gasteiger partial charge on any atom is 0.276 e. The fourth-order valence-electron chi connectivity index (χ4n) is 2.06. The van der Waals surface area contributed by atoms with Crippen LogP contribution < -0.4 is 5.32 Å². The van der Waals surface area contributed by atoms with Gasteiger partial charge >= 0.3 is 0 Å². The highest BCUT2D eigenvalue weighted by atomic mass is 35.5. The van der Waals surface area contributed by atoms with Crippen molar-refractivity contribution in [2.75, 3.05) is 0 Å². The van der Waals surface area contributed by atoms with Gasteiger partial charge in [0.1, 0.15) is 0 Å². The fourth-order valence-corrected chi connectivity index (χ4v) is 2.24. The Balaban J connectivity index is 2.12. The summed E-state index contributed by atoms with van der Waals surface area (Å²) in [4.78, 5) is 17.2. The van der Waals surface area contributed by atoms with E-state index in [0.717, 1.165) is 16.8 Å². The number of halogens is 1. The molecule has 88 valence electrons. The van der Waals surface area contributed by atoms with Gasteiger partial charge in [0.25, 0.3) is 5.91 Å². The topological polar surface area (TPSA) is 64.9 Å². The third-order valence-corrected chi connectivity index (χ3v) is 3.51. The maximum absolute atomic E-state index is 11.3. The van der Waals surface area contributed by atoms with Crippen molar-refractivity contribution in [3.8, 4) is 0 Å². The van der Waals surface area contributed by atoms with Crippen molar-refractivity contribution in [1.29, 1.82) is 0 Å². The Labute approximate surface area is 103 Å². The van der Waals surface area contributed by atoms with E-state index in [1.54, 1.807) is 6.07 Å². The Bertz CT molecular complexity index is 556. The SMILES string of the molecule is Cc1c(Cl)ccc2c1CN1C(=N2)NC(=O)C1O. The molecule has 2 aliphatic heterocycles. The van der Waals surface area contributed by atoms with Crippen LogP contribution in [-0.2, 0) is 11.3 Å². The number of nitrogens with one attached hydrogen (secondary N) is 1. The number of aliphatic imine (C=N–C) groups is 1. The summed E-state index contributed by atoms with van der Waals surface area (Å²) < 4.78 is 0. The number of hydrogen-bond acceptors (Lipinski definition) is 4. The molecule has 0 spiro atoms. The highest BCUT2D eigenvalue weighted by molar-refractivity contribution is 6.31. The first-order chi connectivity index (χ1) is 8.08. The van der Waals surface area contributed by atoms with Gasteiger partial charge in [-0.3, -0.25) is 10.1 Å². The second-order valence-corrected chi connectivity index (χ2v) is 4.50. The van der Waals surface area contributed by atoms with E-state index in [2.05, 4.69) is 10.3 Å². The van der Waals surface area contributed by atoms with Crippen molar-refractivity contribution in [2.45, 2.75) is 19.7 Å². The predicted octanol–water partition coefficient (Wildman–Crippen LogP) is 0.900. The number of aliphatic hydroxyl groups is 1. The molecule has 0 aromatic heterocycles. The first kappa shape index (κ1) is 10.6. The number of nitrogens with zero attached hydrogens (tertiary/aromatic N) is 2. The fraction of sp³-hybridized carbons (Fsp3) is 0.273. The van der Waals surface area contributed by atoms with E-state index in [4.69, 9.17) is 11.6 Å². The smallest absolute Gasteiger partial charge is 0.276 e. The first-order valence-corrected chi connectivity index (χ1v) is 5.58. The van der Waals surface area contributed by atoms with Gasteiger partial charge in [-0.05, 0) is 24.6 Å². The van der Waals surface area contributed by atoms with E-state index in [1.807, 2.05) is 13.0 Å². The van der Waals surface area contributed by atoms with E-state index in [0.29, 0.717) is 17.5 Å². The third-order valence-electron chi connectivity index (χ3n) is 3.10. The van der Waals surface area contributed by atoms with Gasteiger partial charge in [0.2, 0.25) is 12.2 Å². The van der Waals surface area contributed by atoms with Crippen LogP contribution in [0.25, 0.3) is 0 Å². The molecule has 17 heavy (non-hydrogen) atoms. The zero-order chi connectivity index (χ0) is 12.2. The molecular weight excluding hydrogens is 242 g/mol. The van der Waals surface area contributed by atoms with Crippen LogP contribution >= 0.6 is 11.6 Å². The van der Waals surface area contributed by atoms with Gasteiger partial charge in [0, 0.05) is 10.6 Å². The highest BCUT2D eigenvalue weighted by Gasteiger charge is 2.38. The second-order valence-electron chi connectivity index (χ2n) is 4.10. The minimum absolute atomic E-state index is 0.400. The van der Waals surface area contributed by atoms with E-state index in [-0.39, 0.29) is 0 Å². The normalized spacial score (nSPS) is 21.8. The zero-order valence-electron chi connectivity index (χ0n) is 9.07. The van der Waals surface area contributed by atoms with E-state index < -0.39 is 12.1 Å². The lowest BCUT2D eigenvalue weighted by Gasteiger charge is -2.26. The summed E-state index contributed by atoms with van der Waals surface area (Å²) in [6, 6.07) is 3.59. The Morgan fingerprint density at radius 2 is 2.35 bits per heavy atom. The monoisotopic (exact) mass is 251 g/mol. The van der Waals surface area contributed by atoms with Crippen LogP contribution in [0, 0.1) is 6.92 Å². The van der Waals surface area contributed by atoms with Crippen LogP contribution in [0.2, 0.25) is 5.02 Å². The molecule has 0 bridgehead atoms. The summed E-state index contributed by atoms with van der Waals surface area (Å²) in [6.45, 7) is 2.33. The van der Waals surface area contributed by atoms with Gasteiger partial charge < -0.3 is 10.0 Å². The Morgan fingerprint density at radius 3 is 3.12 bits per heavy atom. The largest absolute Gasteiger partial charge is 0.365 e. The van der Waals surface area contributed by atoms with Crippen LogP contribution in [0.5, 0.6) is 0 Å². The minimum Gasteiger partial charge on any atom is -0.365 e. The minimum atomic E-state index is -1.17. The molecule has 0 aliphatic carbocycles. The van der Waals surface area contributed by atoms with Gasteiger partial charge in [-0.25, -0.2) is 4.99 Å². The van der Waals surface area contributed by atoms with E-state index in [1.165, 1.54) is 4.90 Å². The summed E-state index contributed by atoms with van der Waals surface area (Å²) in [6.07, 6.45) is -1.17. The number of rotatable bonds is 0. The molecule has 1 aromatic rings. The number of amides is 1. The molecule has 6 heteroatoms. The van der Waals surface area contributed by atoms with Crippen molar-refractivity contribution in [1.82, 2.24) is 10.2 Å². The van der Waals surface area contributed by atoms with Gasteiger partial charge in [0.15, 0.2) is 0 Å². The summed E-state index contributed by atoms with van der Waals surface area (Å²) in [5.41, 5.74) is 2.66.